The average molecular weight is 715 g/mol. The standard InChI is InChI=1S/C4H8O2.2C2HF3O2.2Hg/c1-3-5-6-4-2;2*3-2(4,5)1(6)7;;/h1-4H2;2*(H,6,7);;/q;;;2*+1/p-2. The van der Waals surface area contributed by atoms with Crippen LogP contribution in [0.25, 0.3) is 0 Å². The van der Waals surface area contributed by atoms with E-state index in [9.17, 15) is 35.9 Å². The Labute approximate surface area is 145 Å². The van der Waals surface area contributed by atoms with Crippen LogP contribution in [0.5, 0.6) is 0 Å². The van der Waals surface area contributed by atoms with E-state index in [1.54, 1.807) is 0 Å². The maximum absolute atomic E-state index is 11.7. The van der Waals surface area contributed by atoms with Gasteiger partial charge >= 0.3 is 146 Å². The molecule has 22 heavy (non-hydrogen) atoms. The topological polar surface area (TPSA) is 71.1 Å². The fraction of sp³-hybridized carbons (Fsp3) is 0.750. The Kier molecular flexibility index (Phi) is 11.1. The van der Waals surface area contributed by atoms with E-state index in [0.717, 1.165) is 0 Å². The van der Waals surface area contributed by atoms with E-state index in [0.29, 0.717) is 0 Å². The minimum absolute atomic E-state index is 0.0775. The normalized spacial score (nSPS) is 11.4. The Morgan fingerprint density at radius 3 is 1.32 bits per heavy atom. The molecule has 14 heteroatoms. The molecule has 0 atom stereocenters. The Morgan fingerprint density at radius 1 is 0.727 bits per heavy atom. The summed E-state index contributed by atoms with van der Waals surface area (Å²) >= 11 is -4.94. The van der Waals surface area contributed by atoms with Gasteiger partial charge in [-0.15, -0.1) is 0 Å². The summed E-state index contributed by atoms with van der Waals surface area (Å²) in [5.41, 5.74) is 0. The van der Waals surface area contributed by atoms with Crippen LogP contribution < -0.4 is 0 Å². The Morgan fingerprint density at radius 2 is 1.05 bits per heavy atom. The van der Waals surface area contributed by atoms with Gasteiger partial charge < -0.3 is 0 Å². The van der Waals surface area contributed by atoms with Gasteiger partial charge in [0.25, 0.3) is 0 Å². The van der Waals surface area contributed by atoms with Crippen molar-refractivity contribution in [3.63, 3.8) is 0 Å². The van der Waals surface area contributed by atoms with Crippen molar-refractivity contribution < 1.29 is 101 Å². The van der Waals surface area contributed by atoms with Crippen LogP contribution in [0.15, 0.2) is 0 Å². The number of carbonyl (C=O) groups excluding carboxylic acids is 2. The van der Waals surface area contributed by atoms with Crippen molar-refractivity contribution in [1.29, 1.82) is 0 Å². The SMILES string of the molecule is O=C([O][Hg][CH2]COOC[CH2][Hg][O]C(=O)C(F)(F)F)C(F)(F)F. The molecule has 0 unspecified atom stereocenters. The molecule has 0 fully saturated rings. The summed E-state index contributed by atoms with van der Waals surface area (Å²) in [7, 11) is 0. The first-order valence-electron chi connectivity index (χ1n) is 5.77. The van der Waals surface area contributed by atoms with E-state index < -0.39 is 74.4 Å². The molecule has 0 saturated carbocycles. The van der Waals surface area contributed by atoms with Gasteiger partial charge in [-0.05, 0) is 0 Å². The molecule has 0 saturated heterocycles. The third kappa shape index (κ3) is 11.8. The molecular weight excluding hydrogens is 707 g/mol. The number of alkyl halides is 6. The third-order valence-electron chi connectivity index (χ3n) is 1.76. The molecule has 0 amide bonds. The van der Waals surface area contributed by atoms with Crippen LogP contribution in [0, 0.1) is 0 Å². The summed E-state index contributed by atoms with van der Waals surface area (Å²) in [5, 5.41) is 0. The average Bonchev–Trinajstić information content (AvgIpc) is 2.38. The maximum atomic E-state index is 11.7. The van der Waals surface area contributed by atoms with Crippen LogP contribution in [-0.2, 0) is 74.7 Å². The fourth-order valence-corrected chi connectivity index (χ4v) is 6.52. The van der Waals surface area contributed by atoms with Crippen LogP contribution in [-0.4, -0.2) is 37.5 Å². The van der Waals surface area contributed by atoms with Crippen LogP contribution >= 0.6 is 0 Å². The van der Waals surface area contributed by atoms with Crippen molar-refractivity contribution in [1.82, 2.24) is 0 Å². The van der Waals surface area contributed by atoms with Crippen LogP contribution in [0.4, 0.5) is 26.3 Å². The number of hydrogen-bond donors (Lipinski definition) is 0. The molecule has 0 rings (SSSR count). The molecule has 0 heterocycles. The van der Waals surface area contributed by atoms with Gasteiger partial charge in [-0.1, -0.05) is 0 Å². The van der Waals surface area contributed by atoms with Gasteiger partial charge in [0.2, 0.25) is 0 Å². The van der Waals surface area contributed by atoms with Crippen molar-refractivity contribution in [2.75, 3.05) is 13.2 Å². The van der Waals surface area contributed by atoms with Crippen molar-refractivity contribution in [2.24, 2.45) is 0 Å². The van der Waals surface area contributed by atoms with Gasteiger partial charge in [-0.2, -0.15) is 0 Å². The molecule has 0 aliphatic carbocycles. The molecule has 0 bridgehead atoms. The zero-order valence-corrected chi connectivity index (χ0v) is 22.0. The van der Waals surface area contributed by atoms with Crippen molar-refractivity contribution >= 4 is 11.9 Å². The van der Waals surface area contributed by atoms with Gasteiger partial charge in [0.15, 0.2) is 0 Å². The molecule has 0 spiro atoms. The molecule has 0 aromatic rings. The zero-order valence-electron chi connectivity index (χ0n) is 11.0. The fourth-order valence-electron chi connectivity index (χ4n) is 0.847. The van der Waals surface area contributed by atoms with Gasteiger partial charge in [0.05, 0.1) is 0 Å². The van der Waals surface area contributed by atoms with Crippen molar-refractivity contribution in [2.45, 2.75) is 20.2 Å². The van der Waals surface area contributed by atoms with Crippen LogP contribution in [0.2, 0.25) is 7.86 Å². The predicted octanol–water partition coefficient (Wildman–Crippen LogP) is 1.98. The van der Waals surface area contributed by atoms with E-state index in [1.807, 2.05) is 0 Å². The van der Waals surface area contributed by atoms with Crippen LogP contribution in [0.3, 0.4) is 0 Å². The summed E-state index contributed by atoms with van der Waals surface area (Å²) in [6, 6.07) is 0. The van der Waals surface area contributed by atoms with E-state index in [4.69, 9.17) is 0 Å². The van der Waals surface area contributed by atoms with E-state index >= 15 is 0 Å². The summed E-state index contributed by atoms with van der Waals surface area (Å²) < 4.78 is 78.9. The Balaban J connectivity index is 3.38. The molecule has 0 aliphatic rings. The number of hydrogen-bond acceptors (Lipinski definition) is 6. The van der Waals surface area contributed by atoms with Gasteiger partial charge in [-0.25, -0.2) is 0 Å². The molecule has 0 aromatic heterocycles. The molecular formula is C8H8F6Hg2O6. The summed E-state index contributed by atoms with van der Waals surface area (Å²) in [6.07, 6.45) is -10.0. The first-order valence-corrected chi connectivity index (χ1v) is 18.0. The van der Waals surface area contributed by atoms with E-state index in [1.165, 1.54) is 0 Å². The second-order valence-electron chi connectivity index (χ2n) is 3.62. The second-order valence-corrected chi connectivity index (χ2v) is 14.5. The Hall–Kier alpha value is 0.310. The Bertz CT molecular complexity index is 326. The van der Waals surface area contributed by atoms with E-state index in [2.05, 4.69) is 15.1 Å². The molecule has 6 nitrogen and oxygen atoms in total. The molecule has 0 aliphatic heterocycles. The second kappa shape index (κ2) is 11.0. The van der Waals surface area contributed by atoms with Gasteiger partial charge in [-0.3, -0.25) is 0 Å². The van der Waals surface area contributed by atoms with Crippen molar-refractivity contribution in [3.05, 3.63) is 0 Å². The number of rotatable bonds is 9. The number of halogens is 6. The third-order valence-corrected chi connectivity index (χ3v) is 9.87. The van der Waals surface area contributed by atoms with Crippen molar-refractivity contribution in [3.8, 4) is 0 Å². The van der Waals surface area contributed by atoms with Gasteiger partial charge in [0, 0.05) is 0 Å². The first kappa shape index (κ1) is 22.3. The molecule has 0 aromatic carbocycles. The molecule has 0 N–H and O–H groups in total. The molecule has 0 radical (unpaired) electrons. The summed E-state index contributed by atoms with van der Waals surface area (Å²) in [5.74, 6) is -4.42. The molecule has 122 valence electrons. The van der Waals surface area contributed by atoms with Crippen LogP contribution in [0.1, 0.15) is 0 Å². The predicted molar refractivity (Wildman–Crippen MR) is 45.8 cm³/mol. The van der Waals surface area contributed by atoms with Gasteiger partial charge in [0.1, 0.15) is 0 Å². The first-order chi connectivity index (χ1) is 10.0. The van der Waals surface area contributed by atoms with E-state index in [-0.39, 0.29) is 21.1 Å². The summed E-state index contributed by atoms with van der Waals surface area (Å²) in [6.45, 7) is -0.155. The zero-order chi connectivity index (χ0) is 17.2. The monoisotopic (exact) mass is 718 g/mol. The number of carbonyl (C=O) groups is 2. The quantitative estimate of drug-likeness (QED) is 0.120. The minimum atomic E-state index is -5.00. The summed E-state index contributed by atoms with van der Waals surface area (Å²) in [4.78, 5) is 29.7.